The molecule has 704 valence electrons. The number of carbonyl (C=O) groups excluding carboxylic acids is 6. The lowest BCUT2D eigenvalue weighted by molar-refractivity contribution is -0.0328. The highest BCUT2D eigenvalue weighted by Crippen LogP contribution is 2.53. The van der Waals surface area contributed by atoms with Crippen molar-refractivity contribution in [1.82, 2.24) is 88.3 Å². The number of hydrogen-bond acceptors (Lipinski definition) is 37. The number of alkyl halides is 4. The molecule has 4 aliphatic rings. The minimum atomic E-state index is -4.77. The van der Waals surface area contributed by atoms with E-state index in [0.29, 0.717) is 22.3 Å². The minimum Gasteiger partial charge on any atom is -0.433 e. The highest BCUT2D eigenvalue weighted by Gasteiger charge is 2.56. The van der Waals surface area contributed by atoms with Crippen LogP contribution in [-0.4, -0.2) is 234 Å². The van der Waals surface area contributed by atoms with Gasteiger partial charge in [0.15, 0.2) is 130 Å². The summed E-state index contributed by atoms with van der Waals surface area (Å²) in [6, 6.07) is 40.5. The third kappa shape index (κ3) is 21.7. The summed E-state index contributed by atoms with van der Waals surface area (Å²) in [4.78, 5) is 128. The number of imidazole rings is 4. The van der Waals surface area contributed by atoms with Gasteiger partial charge in [-0.25, -0.2) is 106 Å². The number of anilines is 4. The number of halogens is 4. The maximum atomic E-state index is 16.8. The molecule has 8 aromatic heterocycles. The summed E-state index contributed by atoms with van der Waals surface area (Å²) >= 11 is 0. The van der Waals surface area contributed by atoms with E-state index < -0.39 is 176 Å². The Bertz CT molecular complexity index is 6200. The Morgan fingerprint density at radius 3 is 0.949 bits per heavy atom. The van der Waals surface area contributed by atoms with E-state index in [1.165, 1.54) is 32.7 Å². The molecule has 4 aliphatic heterocycles. The Morgan fingerprint density at radius 1 is 0.390 bits per heavy atom. The number of nitriles is 4. The molecule has 4 fully saturated rings. The molecule has 47 nitrogen and oxygen atoms in total. The average Bonchev–Trinajstić information content (AvgIpc) is 1.63. The Kier molecular flexibility index (Phi) is 30.9. The predicted octanol–water partition coefficient (Wildman–Crippen LogP) is 9.55. The molecule has 136 heavy (non-hydrogen) atoms. The molecule has 53 heteroatoms. The van der Waals surface area contributed by atoms with E-state index >= 15 is 17.6 Å². The van der Waals surface area contributed by atoms with Crippen molar-refractivity contribution in [3.63, 3.8) is 0 Å². The van der Waals surface area contributed by atoms with E-state index in [2.05, 4.69) is 91.2 Å². The fourth-order valence-electron chi connectivity index (χ4n) is 14.7. The number of fused-ring (bicyclic) bond motifs is 4. The molecular formula is C83H79F4N27O20P2. The summed E-state index contributed by atoms with van der Waals surface area (Å²) < 4.78 is 169. The van der Waals surface area contributed by atoms with Crippen molar-refractivity contribution in [2.24, 2.45) is 5.73 Å². The van der Waals surface area contributed by atoms with E-state index in [0.717, 1.165) is 36.2 Å². The van der Waals surface area contributed by atoms with Crippen LogP contribution in [-0.2, 0) is 65.1 Å². The van der Waals surface area contributed by atoms with Crippen LogP contribution < -0.4 is 37.2 Å². The Balaban J connectivity index is 0.000000207. The maximum absolute atomic E-state index is 16.8. The van der Waals surface area contributed by atoms with Gasteiger partial charge < -0.3 is 64.9 Å². The molecule has 18 atom stereocenters. The number of ether oxygens (including phenoxy) is 8. The van der Waals surface area contributed by atoms with Gasteiger partial charge in [-0.15, -0.1) is 0 Å². The van der Waals surface area contributed by atoms with Crippen molar-refractivity contribution in [1.29, 1.82) is 21.0 Å². The quantitative estimate of drug-likeness (QED) is 0.00831. The van der Waals surface area contributed by atoms with Crippen molar-refractivity contribution in [2.75, 3.05) is 67.3 Å². The fourth-order valence-corrected chi connectivity index (χ4v) is 17.7. The lowest BCUT2D eigenvalue weighted by Crippen LogP contribution is -2.41. The van der Waals surface area contributed by atoms with Gasteiger partial charge in [0, 0.05) is 41.9 Å². The normalized spacial score (nSPS) is 23.1. The van der Waals surface area contributed by atoms with Crippen molar-refractivity contribution < 1.29 is 111 Å². The lowest BCUT2D eigenvalue weighted by atomic mass is 10.1. The van der Waals surface area contributed by atoms with Crippen LogP contribution in [0.3, 0.4) is 0 Å². The first-order valence-corrected chi connectivity index (χ1v) is 44.7. The minimum absolute atomic E-state index is 0.00281. The van der Waals surface area contributed by atoms with Gasteiger partial charge in [-0.2, -0.15) is 21.0 Å². The van der Waals surface area contributed by atoms with Crippen LogP contribution in [0, 0.1) is 45.3 Å². The third-order valence-electron chi connectivity index (χ3n) is 21.1. The standard InChI is InChI=1S/C42H40F2N13O10P.C41H39F2N14O10P/c1-2-26-33(29(44)41(64-26)57-23-52-31-35(48-21-50-37(31)57)55-39(59)25-13-7-4-8-14-25)67-68(61,63-18-10-16-46)53-19-27-32(66-42(60)62-17-9-15-45)28(43)40(65-27)56-22-51-30-34(47-20-49-36(30)56)54-38(58)24-11-5-3-6-12-24;42-27-31(66-41(60)62-15-7-13-44)26(65-39(27)56-21-51-29-33(47-19-49-35(29)56)54-37(58)23-9-3-1-4-10-23)18-53-68(61,63-16-8-14-45)67-32-25(17-46)64-40(28(32)43)57-22-52-30-34(48-20-50-36(30)57)55-38(59)24-11-5-2-6-12-24/h3-8,11-14,20-23,26-29,32-33,40-41H,2,9-10,17-19H2,1H3,(H,53,61)(H,47,49,54,58)(H,48,50,55,59);1-6,9-12,19-22,25-28,31-32,39-40H,7-8,15-18,46H2,(H,53,61)(H,47,49,54,58)(H,48,50,55,59)/t26-,27-,28-,29-,32-,33-,40-,41-,68?;25-,26-,27-,28-,31-,32-,39-,40-,68?/m11/s1. The Morgan fingerprint density at radius 2 is 0.662 bits per heavy atom. The van der Waals surface area contributed by atoms with Gasteiger partial charge in [0.25, 0.3) is 23.6 Å². The number of carbonyl (C=O) groups is 6. The van der Waals surface area contributed by atoms with E-state index in [-0.39, 0.29) is 120 Å². The summed E-state index contributed by atoms with van der Waals surface area (Å²) in [5.74, 6) is -1.93. The number of benzene rings is 4. The molecule has 2 unspecified atom stereocenters. The molecule has 12 heterocycles. The number of amides is 4. The van der Waals surface area contributed by atoms with Gasteiger partial charge in [0.05, 0.1) is 94.6 Å². The van der Waals surface area contributed by atoms with E-state index in [4.69, 9.17) is 72.2 Å². The zero-order valence-electron chi connectivity index (χ0n) is 71.0. The monoisotopic (exact) mass is 1910 g/mol. The number of nitrogens with one attached hydrogen (secondary N) is 6. The fraction of sp³-hybridized carbons (Fsp3) is 0.349. The number of nitrogens with two attached hydrogens (primary N) is 1. The Labute approximate surface area is 765 Å². The van der Waals surface area contributed by atoms with Crippen molar-refractivity contribution in [3.05, 3.63) is 194 Å². The molecule has 4 saturated heterocycles. The molecule has 0 spiro atoms. The van der Waals surface area contributed by atoms with Gasteiger partial charge in [-0.3, -0.25) is 55.5 Å². The zero-order valence-corrected chi connectivity index (χ0v) is 72.8. The highest BCUT2D eigenvalue weighted by atomic mass is 31.2. The smallest absolute Gasteiger partial charge is 0.433 e. The number of nitrogens with zero attached hydrogens (tertiary/aromatic N) is 20. The summed E-state index contributed by atoms with van der Waals surface area (Å²) in [6.07, 6.45) is -21.4. The number of rotatable bonds is 36. The van der Waals surface area contributed by atoms with Crippen molar-refractivity contribution in [3.8, 4) is 24.3 Å². The van der Waals surface area contributed by atoms with Crippen LogP contribution in [0.25, 0.3) is 44.7 Å². The lowest BCUT2D eigenvalue weighted by Gasteiger charge is -2.27. The highest BCUT2D eigenvalue weighted by molar-refractivity contribution is 7.52. The summed E-state index contributed by atoms with van der Waals surface area (Å²) in [5, 5.41) is 52.1. The maximum Gasteiger partial charge on any atom is 0.508 e. The molecule has 16 rings (SSSR count). The number of hydrogen-bond donors (Lipinski definition) is 7. The first kappa shape index (κ1) is 95.8. The molecule has 0 aliphatic carbocycles. The van der Waals surface area contributed by atoms with Crippen LogP contribution in [0.5, 0.6) is 0 Å². The van der Waals surface area contributed by atoms with Crippen molar-refractivity contribution >= 4 is 119 Å². The summed E-state index contributed by atoms with van der Waals surface area (Å²) in [7, 11) is -9.49. The van der Waals surface area contributed by atoms with E-state index in [9.17, 15) is 48.4 Å². The van der Waals surface area contributed by atoms with Crippen LogP contribution in [0.4, 0.5) is 50.4 Å². The molecule has 4 aromatic carbocycles. The first-order valence-electron chi connectivity index (χ1n) is 41.6. The van der Waals surface area contributed by atoms with E-state index in [1.54, 1.807) is 140 Å². The Hall–Kier alpha value is -14.8. The summed E-state index contributed by atoms with van der Waals surface area (Å²) in [6.45, 7) is -1.69. The summed E-state index contributed by atoms with van der Waals surface area (Å²) in [5.41, 5.74) is 7.81. The van der Waals surface area contributed by atoms with E-state index in [1.807, 2.05) is 12.1 Å². The average molecular weight is 1910 g/mol. The number of aromatic nitrogens is 16. The molecular weight excluding hydrogens is 1830 g/mol. The van der Waals surface area contributed by atoms with Gasteiger partial charge in [-0.1, -0.05) is 79.7 Å². The van der Waals surface area contributed by atoms with Gasteiger partial charge in [0.1, 0.15) is 69.0 Å². The topological polar surface area (TPSA) is 615 Å². The molecule has 12 aromatic rings. The molecule has 0 radical (unpaired) electrons. The zero-order chi connectivity index (χ0) is 95.6. The molecule has 4 amide bonds. The molecule has 0 bridgehead atoms. The van der Waals surface area contributed by atoms with Crippen molar-refractivity contribution in [2.45, 2.75) is 137 Å². The van der Waals surface area contributed by atoms with Crippen LogP contribution in [0.1, 0.15) is 105 Å². The first-order chi connectivity index (χ1) is 66.0. The second-order valence-electron chi connectivity index (χ2n) is 29.7. The molecule has 0 saturated carbocycles. The van der Waals surface area contributed by atoms with Crippen LogP contribution in [0.2, 0.25) is 0 Å². The second kappa shape index (κ2) is 43.9. The van der Waals surface area contributed by atoms with Gasteiger partial charge in [-0.05, 0) is 55.0 Å². The predicted molar refractivity (Wildman–Crippen MR) is 460 cm³/mol. The largest absolute Gasteiger partial charge is 0.508 e. The second-order valence-corrected chi connectivity index (χ2v) is 33.2. The SMILES string of the molecule is CC[C@H]1O[C@@H](n2cnc3c(NC(=O)c4ccccc4)ncnc32)[C@H](F)[C@@H]1OP(=O)(NC[C@H]1O[C@@H](n2cnc3c(NC(=O)c4ccccc4)ncnc32)[C@H](F)[C@@H]1OC(=O)OCCC#N)OCCC#N.N#CCCOC(=O)O[C@H]1[C@@H](F)[C@H](n2cnc3c(NC(=O)c4ccccc4)ncnc32)O[C@@H]1CNP(=O)(OCCC#N)O[C@H]1[C@@H](F)[C@H](n2cnc3c(NC(=O)c4ccccc4)ncnc32)O[C@@H]1CN. The third-order valence-corrected chi connectivity index (χ3v) is 24.3. The molecule has 8 N–H and O–H groups in total. The van der Waals surface area contributed by atoms with Gasteiger partial charge >= 0.3 is 27.8 Å². The van der Waals surface area contributed by atoms with Crippen LogP contribution >= 0.6 is 15.5 Å². The van der Waals surface area contributed by atoms with Crippen LogP contribution in [0.15, 0.2) is 172 Å². The van der Waals surface area contributed by atoms with Gasteiger partial charge in [0.2, 0.25) is 0 Å².